The molecule has 0 saturated carbocycles. The van der Waals surface area contributed by atoms with Crippen LogP contribution < -0.4 is 15.7 Å². The fraction of sp³-hybridized carbons (Fsp3) is 0.222. The third-order valence-corrected chi connectivity index (χ3v) is 4.63. The van der Waals surface area contributed by atoms with E-state index in [9.17, 15) is 18.0 Å². The number of hydrogen-bond acceptors (Lipinski definition) is 7. The Morgan fingerprint density at radius 2 is 2.13 bits per heavy atom. The number of nitrogens with one attached hydrogen (secondary N) is 1. The Morgan fingerprint density at radius 1 is 1.39 bits per heavy atom. The number of rotatable bonds is 5. The number of alkyl halides is 3. The topological polar surface area (TPSA) is 102 Å². The van der Waals surface area contributed by atoms with Crippen molar-refractivity contribution in [1.29, 1.82) is 5.26 Å². The van der Waals surface area contributed by atoms with Crippen molar-refractivity contribution >= 4 is 32.2 Å². The summed E-state index contributed by atoms with van der Waals surface area (Å²) in [5, 5.41) is 13.0. The predicted molar refractivity (Wildman–Crippen MR) is 108 cm³/mol. The van der Waals surface area contributed by atoms with Gasteiger partial charge in [-0.05, 0) is 40.2 Å². The van der Waals surface area contributed by atoms with Crippen LogP contribution in [-0.4, -0.2) is 27.5 Å². The maximum atomic E-state index is 13.5. The Bertz CT molecular complexity index is 1170. The lowest BCUT2D eigenvalue weighted by atomic mass is 10.2. The molecule has 0 radical (unpaired) electrons. The Labute approximate surface area is 186 Å². The second-order valence-corrected chi connectivity index (χ2v) is 7.39. The Hall–Kier alpha value is -2.88. The smallest absolute Gasteiger partial charge is 0.437 e. The number of allylic oxidation sites excluding steroid dienone is 1. The van der Waals surface area contributed by atoms with E-state index in [2.05, 4.69) is 31.4 Å². The fourth-order valence-corrected chi connectivity index (χ4v) is 3.30. The van der Waals surface area contributed by atoms with E-state index in [1.54, 1.807) is 12.1 Å². The van der Waals surface area contributed by atoms with E-state index in [-0.39, 0.29) is 22.9 Å². The monoisotopic (exact) mass is 517 g/mol. The molecule has 162 valence electrons. The molecule has 0 aliphatic carbocycles. The zero-order valence-corrected chi connectivity index (χ0v) is 17.9. The average molecular weight is 519 g/mol. The van der Waals surface area contributed by atoms with Crippen LogP contribution in [0.5, 0.6) is 11.5 Å². The number of halogens is 5. The molecule has 0 spiro atoms. The molecule has 3 rings (SSSR count). The van der Waals surface area contributed by atoms with Gasteiger partial charge in [0.2, 0.25) is 5.75 Å². The molecule has 0 bridgehead atoms. The van der Waals surface area contributed by atoms with Crippen molar-refractivity contribution < 1.29 is 22.6 Å². The predicted octanol–water partition coefficient (Wildman–Crippen LogP) is 3.79. The molecule has 2 aromatic rings. The number of methoxy groups -OCH3 is 1. The highest BCUT2D eigenvalue weighted by atomic mass is 79.9. The Kier molecular flexibility index (Phi) is 6.68. The number of nitriles is 1. The number of nitrogens with zero attached hydrogens (tertiary/aromatic N) is 4. The molecular weight excluding hydrogens is 507 g/mol. The number of ether oxygens (including phenoxy) is 2. The van der Waals surface area contributed by atoms with Crippen LogP contribution in [0.3, 0.4) is 0 Å². The summed E-state index contributed by atoms with van der Waals surface area (Å²) in [6, 6.07) is 5.44. The van der Waals surface area contributed by atoms with Crippen LogP contribution in [0.2, 0.25) is 5.02 Å². The summed E-state index contributed by atoms with van der Waals surface area (Å²) in [6.07, 6.45) is -3.33. The third kappa shape index (κ3) is 5.25. The fourth-order valence-electron chi connectivity index (χ4n) is 2.67. The first-order valence-electron chi connectivity index (χ1n) is 8.39. The zero-order chi connectivity index (χ0) is 22.8. The molecule has 1 aliphatic rings. The first kappa shape index (κ1) is 22.8. The molecule has 1 atom stereocenters. The van der Waals surface area contributed by atoms with Gasteiger partial charge < -0.3 is 9.47 Å². The van der Waals surface area contributed by atoms with Crippen LogP contribution in [-0.2, 0) is 17.5 Å². The maximum Gasteiger partial charge on any atom is 0.437 e. The highest BCUT2D eigenvalue weighted by molar-refractivity contribution is 9.18. The Balaban J connectivity index is 2.07. The molecule has 0 amide bonds. The highest BCUT2D eigenvalue weighted by Crippen LogP contribution is 2.35. The van der Waals surface area contributed by atoms with Crippen molar-refractivity contribution in [2.75, 3.05) is 7.11 Å². The quantitative estimate of drug-likeness (QED) is 0.646. The van der Waals surface area contributed by atoms with Gasteiger partial charge in [0.1, 0.15) is 10.4 Å². The minimum Gasteiger partial charge on any atom is -0.449 e. The van der Waals surface area contributed by atoms with E-state index < -0.39 is 29.4 Å². The van der Waals surface area contributed by atoms with Crippen LogP contribution in [0, 0.1) is 11.3 Å². The standard InChI is InChI=1S/C18H12BrClF3N5O3/c1-30-16-10(4-13(19)26-27-16)7-28-8-25-15(18(21,22)23)14(17(28)29)31-12-3-9(6-24)2-11(20)5-12/h2-5,8,16,27H,7H2,1H3. The van der Waals surface area contributed by atoms with Crippen LogP contribution in [0.1, 0.15) is 11.3 Å². The highest BCUT2D eigenvalue weighted by Gasteiger charge is 2.39. The minimum atomic E-state index is -4.96. The van der Waals surface area contributed by atoms with E-state index >= 15 is 0 Å². The van der Waals surface area contributed by atoms with Gasteiger partial charge in [-0.2, -0.15) is 23.5 Å². The van der Waals surface area contributed by atoms with Gasteiger partial charge in [-0.15, -0.1) is 0 Å². The molecule has 1 N–H and O–H groups in total. The summed E-state index contributed by atoms with van der Waals surface area (Å²) in [4.78, 5) is 16.3. The van der Waals surface area contributed by atoms with Gasteiger partial charge in [0.25, 0.3) is 5.56 Å². The number of hydrogen-bond donors (Lipinski definition) is 1. The normalized spacial score (nSPS) is 16.1. The molecule has 1 aliphatic heterocycles. The summed E-state index contributed by atoms with van der Waals surface area (Å²) in [6.45, 7) is -0.157. The van der Waals surface area contributed by atoms with Crippen molar-refractivity contribution in [3.63, 3.8) is 0 Å². The molecule has 8 nitrogen and oxygen atoms in total. The van der Waals surface area contributed by atoms with Gasteiger partial charge >= 0.3 is 6.18 Å². The third-order valence-electron chi connectivity index (χ3n) is 4.00. The van der Waals surface area contributed by atoms with Gasteiger partial charge in [0.15, 0.2) is 11.9 Å². The second kappa shape index (κ2) is 9.09. The molecule has 2 heterocycles. The van der Waals surface area contributed by atoms with Crippen LogP contribution in [0.25, 0.3) is 0 Å². The molecule has 0 saturated heterocycles. The first-order chi connectivity index (χ1) is 14.6. The van der Waals surface area contributed by atoms with Crippen molar-refractivity contribution in [2.45, 2.75) is 18.9 Å². The van der Waals surface area contributed by atoms with Crippen LogP contribution in [0.4, 0.5) is 13.2 Å². The van der Waals surface area contributed by atoms with E-state index in [1.807, 2.05) is 0 Å². The largest absolute Gasteiger partial charge is 0.449 e. The van der Waals surface area contributed by atoms with Crippen LogP contribution in [0.15, 0.2) is 46.1 Å². The average Bonchev–Trinajstić information content (AvgIpc) is 2.69. The molecular formula is C18H12BrClF3N5O3. The minimum absolute atomic E-state index is 0.0470. The van der Waals surface area contributed by atoms with Crippen molar-refractivity contribution in [3.05, 3.63) is 62.8 Å². The molecule has 0 fully saturated rings. The van der Waals surface area contributed by atoms with E-state index in [0.29, 0.717) is 10.2 Å². The lowest BCUT2D eigenvalue weighted by molar-refractivity contribution is -0.142. The SMILES string of the molecule is COC1NN=C(Br)C=C1Cn1cnc(C(F)(F)F)c(Oc2cc(Cl)cc(C#N)c2)c1=O. The summed E-state index contributed by atoms with van der Waals surface area (Å²) in [5.41, 5.74) is 0.623. The van der Waals surface area contributed by atoms with Crippen LogP contribution >= 0.6 is 27.5 Å². The second-order valence-electron chi connectivity index (χ2n) is 6.14. The number of aromatic nitrogens is 2. The zero-order valence-electron chi connectivity index (χ0n) is 15.6. The van der Waals surface area contributed by atoms with E-state index in [1.165, 1.54) is 19.2 Å². The van der Waals surface area contributed by atoms with Gasteiger partial charge in [0.05, 0.1) is 24.5 Å². The van der Waals surface area contributed by atoms with E-state index in [0.717, 1.165) is 17.0 Å². The molecule has 1 aromatic heterocycles. The lowest BCUT2D eigenvalue weighted by Gasteiger charge is -2.23. The molecule has 1 unspecified atom stereocenters. The van der Waals surface area contributed by atoms with Crippen molar-refractivity contribution in [1.82, 2.24) is 15.0 Å². The number of hydrazone groups is 1. The maximum absolute atomic E-state index is 13.5. The first-order valence-corrected chi connectivity index (χ1v) is 9.56. The summed E-state index contributed by atoms with van der Waals surface area (Å²) < 4.78 is 52.2. The van der Waals surface area contributed by atoms with Crippen molar-refractivity contribution in [3.8, 4) is 17.6 Å². The molecule has 31 heavy (non-hydrogen) atoms. The lowest BCUT2D eigenvalue weighted by Crippen LogP contribution is -2.36. The van der Waals surface area contributed by atoms with Gasteiger partial charge in [-0.1, -0.05) is 11.6 Å². The summed E-state index contributed by atoms with van der Waals surface area (Å²) in [5.74, 6) is -1.26. The molecule has 1 aromatic carbocycles. The van der Waals surface area contributed by atoms with Gasteiger partial charge in [-0.3, -0.25) is 14.8 Å². The van der Waals surface area contributed by atoms with Crippen molar-refractivity contribution in [2.24, 2.45) is 5.10 Å². The van der Waals surface area contributed by atoms with E-state index in [4.69, 9.17) is 26.3 Å². The molecule has 13 heteroatoms. The van der Waals surface area contributed by atoms with Gasteiger partial charge in [-0.25, -0.2) is 4.98 Å². The Morgan fingerprint density at radius 3 is 2.77 bits per heavy atom. The van der Waals surface area contributed by atoms with Gasteiger partial charge in [0, 0.05) is 17.7 Å². The number of benzene rings is 1. The summed E-state index contributed by atoms with van der Waals surface area (Å²) in [7, 11) is 1.40. The summed E-state index contributed by atoms with van der Waals surface area (Å²) >= 11 is 9.05.